The summed E-state index contributed by atoms with van der Waals surface area (Å²) in [6.45, 7) is 8.93. The van der Waals surface area contributed by atoms with Gasteiger partial charge in [0.2, 0.25) is 0 Å². The van der Waals surface area contributed by atoms with Gasteiger partial charge >= 0.3 is 0 Å². The smallest absolute Gasteiger partial charge is 0.0502 e. The Bertz CT molecular complexity index is 155. The van der Waals surface area contributed by atoms with Gasteiger partial charge in [-0.05, 0) is 18.8 Å². The number of nitrogens with zero attached hydrogens (tertiary/aromatic N) is 1. The molecule has 1 saturated heterocycles. The van der Waals surface area contributed by atoms with Crippen molar-refractivity contribution in [2.24, 2.45) is 5.92 Å². The van der Waals surface area contributed by atoms with E-state index in [4.69, 9.17) is 0 Å². The Morgan fingerprint density at radius 1 is 1.00 bits per heavy atom. The predicted molar refractivity (Wildman–Crippen MR) is 70.1 cm³/mol. The molecule has 16 heavy (non-hydrogen) atoms. The van der Waals surface area contributed by atoms with Crippen molar-refractivity contribution in [1.29, 1.82) is 0 Å². The highest BCUT2D eigenvalue weighted by Gasteiger charge is 2.14. The summed E-state index contributed by atoms with van der Waals surface area (Å²) in [6.07, 6.45) is 8.28. The third-order valence-corrected chi connectivity index (χ3v) is 3.35. The van der Waals surface area contributed by atoms with Crippen LogP contribution < -0.4 is 10.6 Å². The largest absolute Gasteiger partial charge is 0.292 e. The highest BCUT2D eigenvalue weighted by atomic mass is 15.4. The molecule has 1 atom stereocenters. The molecule has 0 aromatic rings. The van der Waals surface area contributed by atoms with E-state index in [1.807, 2.05) is 0 Å². The topological polar surface area (TPSA) is 27.3 Å². The molecule has 1 aliphatic rings. The molecule has 1 unspecified atom stereocenters. The second kappa shape index (κ2) is 8.97. The van der Waals surface area contributed by atoms with Crippen molar-refractivity contribution in [1.82, 2.24) is 15.5 Å². The summed E-state index contributed by atoms with van der Waals surface area (Å²) in [4.78, 5) is 2.50. The van der Waals surface area contributed by atoms with E-state index in [2.05, 4.69) is 29.4 Å². The van der Waals surface area contributed by atoms with Crippen molar-refractivity contribution in [3.8, 4) is 0 Å². The molecule has 0 amide bonds. The summed E-state index contributed by atoms with van der Waals surface area (Å²) in [6, 6.07) is 0. The van der Waals surface area contributed by atoms with Crippen LogP contribution in [0.15, 0.2) is 0 Å². The van der Waals surface area contributed by atoms with E-state index in [9.17, 15) is 0 Å². The first kappa shape index (κ1) is 13.9. The maximum atomic E-state index is 3.36. The lowest BCUT2D eigenvalue weighted by Gasteiger charge is -2.31. The minimum absolute atomic E-state index is 0.901. The van der Waals surface area contributed by atoms with Crippen molar-refractivity contribution in [3.05, 3.63) is 0 Å². The molecule has 0 saturated carbocycles. The quantitative estimate of drug-likeness (QED) is 0.623. The Balaban J connectivity index is 2.19. The van der Waals surface area contributed by atoms with Crippen LogP contribution in [0.3, 0.4) is 0 Å². The summed E-state index contributed by atoms with van der Waals surface area (Å²) < 4.78 is 0. The molecule has 1 rings (SSSR count). The van der Waals surface area contributed by atoms with Crippen molar-refractivity contribution >= 4 is 0 Å². The molecule has 1 heterocycles. The first-order valence-electron chi connectivity index (χ1n) is 7.00. The molecule has 1 aliphatic heterocycles. The van der Waals surface area contributed by atoms with Crippen LogP contribution >= 0.6 is 0 Å². The van der Waals surface area contributed by atoms with Crippen molar-refractivity contribution in [3.63, 3.8) is 0 Å². The fourth-order valence-electron chi connectivity index (χ4n) is 2.48. The predicted octanol–water partition coefficient (Wildman–Crippen LogP) is 2.35. The Labute approximate surface area is 101 Å². The van der Waals surface area contributed by atoms with E-state index in [-0.39, 0.29) is 0 Å². The first-order chi connectivity index (χ1) is 7.86. The lowest BCUT2D eigenvalue weighted by Crippen LogP contribution is -2.51. The standard InChI is InChI=1S/C13H29N3/c1-3-5-6-8-13(7-4-2)9-16-11-14-10-15-12-16/h13-15H,3-12H2,1-2H3. The summed E-state index contributed by atoms with van der Waals surface area (Å²) >= 11 is 0. The normalized spacial score (nSPS) is 19.9. The summed E-state index contributed by atoms with van der Waals surface area (Å²) in [7, 11) is 0. The summed E-state index contributed by atoms with van der Waals surface area (Å²) in [5.41, 5.74) is 0. The fraction of sp³-hybridized carbons (Fsp3) is 1.00. The minimum Gasteiger partial charge on any atom is -0.292 e. The van der Waals surface area contributed by atoms with Crippen LogP contribution in [-0.2, 0) is 0 Å². The van der Waals surface area contributed by atoms with Crippen LogP contribution in [0.25, 0.3) is 0 Å². The summed E-state index contributed by atoms with van der Waals surface area (Å²) in [5.74, 6) is 0.901. The Morgan fingerprint density at radius 3 is 2.38 bits per heavy atom. The Hall–Kier alpha value is -0.120. The van der Waals surface area contributed by atoms with Crippen LogP contribution in [-0.4, -0.2) is 31.5 Å². The van der Waals surface area contributed by atoms with Gasteiger partial charge in [-0.25, -0.2) is 0 Å². The van der Waals surface area contributed by atoms with Gasteiger partial charge in [-0.15, -0.1) is 0 Å². The lowest BCUT2D eigenvalue weighted by molar-refractivity contribution is 0.155. The monoisotopic (exact) mass is 227 g/mol. The molecule has 0 radical (unpaired) electrons. The van der Waals surface area contributed by atoms with Crippen LogP contribution in [0.4, 0.5) is 0 Å². The molecule has 0 bridgehead atoms. The fourth-order valence-corrected chi connectivity index (χ4v) is 2.48. The Kier molecular flexibility index (Phi) is 7.81. The second-order valence-corrected chi connectivity index (χ2v) is 5.00. The third kappa shape index (κ3) is 5.83. The van der Waals surface area contributed by atoms with Gasteiger partial charge < -0.3 is 0 Å². The van der Waals surface area contributed by atoms with Gasteiger partial charge in [0.05, 0.1) is 13.3 Å². The van der Waals surface area contributed by atoms with Crippen LogP contribution in [0.2, 0.25) is 0 Å². The zero-order chi connectivity index (χ0) is 11.6. The maximum Gasteiger partial charge on any atom is 0.0502 e. The van der Waals surface area contributed by atoms with Gasteiger partial charge in [0.25, 0.3) is 0 Å². The first-order valence-corrected chi connectivity index (χ1v) is 7.00. The van der Waals surface area contributed by atoms with E-state index in [0.29, 0.717) is 0 Å². The maximum absolute atomic E-state index is 3.36. The van der Waals surface area contributed by atoms with Crippen molar-refractivity contribution in [2.45, 2.75) is 52.4 Å². The van der Waals surface area contributed by atoms with Crippen LogP contribution in [0.1, 0.15) is 52.4 Å². The molecule has 0 aromatic carbocycles. The molecule has 0 aromatic heterocycles. The van der Waals surface area contributed by atoms with Crippen molar-refractivity contribution < 1.29 is 0 Å². The molecule has 3 heteroatoms. The third-order valence-electron chi connectivity index (χ3n) is 3.35. The number of rotatable bonds is 8. The second-order valence-electron chi connectivity index (χ2n) is 5.00. The molecule has 1 fully saturated rings. The Morgan fingerprint density at radius 2 is 1.75 bits per heavy atom. The number of nitrogens with one attached hydrogen (secondary N) is 2. The number of hydrogen-bond donors (Lipinski definition) is 2. The van der Waals surface area contributed by atoms with E-state index in [1.165, 1.54) is 45.1 Å². The molecule has 0 spiro atoms. The molecule has 0 aliphatic carbocycles. The molecular formula is C13H29N3. The van der Waals surface area contributed by atoms with Crippen LogP contribution in [0, 0.1) is 5.92 Å². The van der Waals surface area contributed by atoms with Gasteiger partial charge in [-0.2, -0.15) is 0 Å². The van der Waals surface area contributed by atoms with E-state index >= 15 is 0 Å². The van der Waals surface area contributed by atoms with Gasteiger partial charge in [0.1, 0.15) is 0 Å². The van der Waals surface area contributed by atoms with E-state index < -0.39 is 0 Å². The molecule has 96 valence electrons. The lowest BCUT2D eigenvalue weighted by atomic mass is 9.96. The van der Waals surface area contributed by atoms with E-state index in [1.54, 1.807) is 0 Å². The summed E-state index contributed by atoms with van der Waals surface area (Å²) in [5, 5.41) is 6.73. The zero-order valence-corrected chi connectivity index (χ0v) is 11.1. The van der Waals surface area contributed by atoms with Gasteiger partial charge in [-0.3, -0.25) is 15.5 Å². The number of hydrogen-bond acceptors (Lipinski definition) is 3. The molecule has 3 nitrogen and oxygen atoms in total. The van der Waals surface area contributed by atoms with Gasteiger partial charge in [0, 0.05) is 13.2 Å². The van der Waals surface area contributed by atoms with Crippen LogP contribution in [0.5, 0.6) is 0 Å². The van der Waals surface area contributed by atoms with Gasteiger partial charge in [-0.1, -0.05) is 39.5 Å². The minimum atomic E-state index is 0.901. The zero-order valence-electron chi connectivity index (χ0n) is 11.1. The molecular weight excluding hydrogens is 198 g/mol. The average Bonchev–Trinajstić information content (AvgIpc) is 2.31. The van der Waals surface area contributed by atoms with Gasteiger partial charge in [0.15, 0.2) is 0 Å². The van der Waals surface area contributed by atoms with E-state index in [0.717, 1.165) is 25.9 Å². The highest BCUT2D eigenvalue weighted by molar-refractivity contribution is 4.67. The number of unbranched alkanes of at least 4 members (excludes halogenated alkanes) is 2. The average molecular weight is 227 g/mol. The molecule has 2 N–H and O–H groups in total. The van der Waals surface area contributed by atoms with Crippen molar-refractivity contribution in [2.75, 3.05) is 26.6 Å². The highest BCUT2D eigenvalue weighted by Crippen LogP contribution is 2.17. The SMILES string of the molecule is CCCCCC(CCC)CN1CNCNC1.